The first-order valence-corrected chi connectivity index (χ1v) is 10.9. The Kier molecular flexibility index (Phi) is 6.84. The van der Waals surface area contributed by atoms with Crippen LogP contribution in [0.4, 0.5) is 26.3 Å². The minimum absolute atomic E-state index is 0.106. The maximum absolute atomic E-state index is 14.6. The molecule has 6 nitrogen and oxygen atoms in total. The van der Waals surface area contributed by atoms with Gasteiger partial charge in [-0.15, -0.1) is 5.10 Å². The Bertz CT molecular complexity index is 1390. The monoisotopic (exact) mass is 554 g/mol. The van der Waals surface area contributed by atoms with Crippen LogP contribution in [-0.4, -0.2) is 26.6 Å². The molecule has 0 aliphatic heterocycles. The van der Waals surface area contributed by atoms with Gasteiger partial charge >= 0.3 is 12.8 Å². The molecule has 0 radical (unpaired) electrons. The number of alkyl halides is 5. The van der Waals surface area contributed by atoms with E-state index in [1.165, 1.54) is 19.2 Å². The lowest BCUT2D eigenvalue weighted by Gasteiger charge is -2.08. The molecule has 15 heteroatoms. The van der Waals surface area contributed by atoms with Crippen LogP contribution in [0, 0.1) is 5.82 Å². The van der Waals surface area contributed by atoms with Crippen molar-refractivity contribution in [3.8, 4) is 38.7 Å². The van der Waals surface area contributed by atoms with E-state index >= 15 is 0 Å². The van der Waals surface area contributed by atoms with Crippen molar-refractivity contribution in [1.82, 2.24) is 20.0 Å². The zero-order valence-corrected chi connectivity index (χ0v) is 19.4. The van der Waals surface area contributed by atoms with Crippen LogP contribution in [0.25, 0.3) is 21.8 Å². The van der Waals surface area contributed by atoms with Gasteiger partial charge in [0.25, 0.3) is 5.19 Å². The molecular formula is C20H10Cl2F6N4O2S. The number of ether oxygens (including phenoxy) is 2. The smallest absolute Gasteiger partial charge is 0.416 e. The van der Waals surface area contributed by atoms with Crippen molar-refractivity contribution < 1.29 is 35.8 Å². The van der Waals surface area contributed by atoms with E-state index in [9.17, 15) is 26.3 Å². The Morgan fingerprint density at radius 3 is 2.51 bits per heavy atom. The van der Waals surface area contributed by atoms with Gasteiger partial charge in [-0.1, -0.05) is 51.8 Å². The second kappa shape index (κ2) is 9.55. The van der Waals surface area contributed by atoms with Crippen molar-refractivity contribution in [2.45, 2.75) is 12.8 Å². The van der Waals surface area contributed by atoms with Crippen LogP contribution in [-0.2, 0) is 13.2 Å². The van der Waals surface area contributed by atoms with Gasteiger partial charge in [-0.2, -0.15) is 27.1 Å². The molecule has 0 fully saturated rings. The minimum atomic E-state index is -4.54. The van der Waals surface area contributed by atoms with Crippen LogP contribution in [0.1, 0.15) is 5.56 Å². The number of nitrogens with zero attached hydrogens (tertiary/aromatic N) is 4. The van der Waals surface area contributed by atoms with E-state index in [0.29, 0.717) is 0 Å². The molecule has 0 aliphatic carbocycles. The summed E-state index contributed by atoms with van der Waals surface area (Å²) in [5, 5.41) is 11.0. The highest BCUT2D eigenvalue weighted by molar-refractivity contribution is 7.16. The number of hydrogen-bond donors (Lipinski definition) is 0. The predicted molar refractivity (Wildman–Crippen MR) is 116 cm³/mol. The van der Waals surface area contributed by atoms with Crippen molar-refractivity contribution in [1.29, 1.82) is 0 Å². The van der Waals surface area contributed by atoms with Crippen LogP contribution in [0.2, 0.25) is 10.0 Å². The predicted octanol–water partition coefficient (Wildman–Crippen LogP) is 7.46. The number of rotatable bonds is 6. The van der Waals surface area contributed by atoms with E-state index < -0.39 is 30.0 Å². The molecule has 4 aromatic rings. The van der Waals surface area contributed by atoms with Crippen LogP contribution in [0.3, 0.4) is 0 Å². The molecule has 35 heavy (non-hydrogen) atoms. The van der Waals surface area contributed by atoms with Gasteiger partial charge in [-0.25, -0.2) is 9.07 Å². The maximum Gasteiger partial charge on any atom is 0.416 e. The second-order valence-corrected chi connectivity index (χ2v) is 8.51. The fraction of sp³-hybridized carbons (Fsp3) is 0.150. The third kappa shape index (κ3) is 5.31. The summed E-state index contributed by atoms with van der Waals surface area (Å²) >= 11 is 12.9. The highest BCUT2D eigenvalue weighted by Gasteiger charge is 2.31. The number of benzene rings is 2. The molecule has 2 aromatic carbocycles. The van der Waals surface area contributed by atoms with Gasteiger partial charge in [-0.05, 0) is 24.3 Å². The average Bonchev–Trinajstić information content (AvgIpc) is 3.35. The quantitative estimate of drug-likeness (QED) is 0.231. The standard InChI is InChI=1S/C20H10Cl2F6N4O2S/c1-32-17(34-18(24)25)14(22)15(31-32)10-6-13(11(21)7-12(10)23)33-19-30-29-16(35-19)8-3-2-4-9(5-8)20(26,27)28/h2-7,18H,1H3. The van der Waals surface area contributed by atoms with Gasteiger partial charge < -0.3 is 9.47 Å². The highest BCUT2D eigenvalue weighted by Crippen LogP contribution is 2.42. The van der Waals surface area contributed by atoms with E-state index in [0.717, 1.165) is 40.3 Å². The fourth-order valence-corrected chi connectivity index (χ4v) is 4.15. The number of aryl methyl sites for hydroxylation is 1. The Labute approximate surface area is 206 Å². The summed E-state index contributed by atoms with van der Waals surface area (Å²) in [5.41, 5.74) is -1.16. The summed E-state index contributed by atoms with van der Waals surface area (Å²) in [4.78, 5) is 0. The lowest BCUT2D eigenvalue weighted by atomic mass is 10.1. The van der Waals surface area contributed by atoms with Crippen LogP contribution >= 0.6 is 34.5 Å². The molecule has 0 saturated carbocycles. The van der Waals surface area contributed by atoms with Gasteiger partial charge in [0.2, 0.25) is 5.88 Å². The first kappa shape index (κ1) is 25.1. The summed E-state index contributed by atoms with van der Waals surface area (Å²) in [6.45, 7) is -3.19. The molecule has 0 aliphatic rings. The van der Waals surface area contributed by atoms with Crippen molar-refractivity contribution in [2.75, 3.05) is 0 Å². The van der Waals surface area contributed by atoms with Crippen molar-refractivity contribution in [2.24, 2.45) is 7.05 Å². The SMILES string of the molecule is Cn1nc(-c2cc(Oc3nnc(-c4cccc(C(F)(F)F)c4)s3)c(Cl)cc2F)c(Cl)c1OC(F)F. The minimum Gasteiger partial charge on any atom is -0.428 e. The molecule has 0 spiro atoms. The van der Waals surface area contributed by atoms with E-state index in [2.05, 4.69) is 20.0 Å². The average molecular weight is 555 g/mol. The molecule has 0 amide bonds. The molecule has 0 N–H and O–H groups in total. The zero-order valence-electron chi connectivity index (χ0n) is 17.1. The van der Waals surface area contributed by atoms with Gasteiger partial charge in [0.1, 0.15) is 22.3 Å². The number of aromatic nitrogens is 4. The third-order valence-electron chi connectivity index (χ3n) is 4.46. The first-order valence-electron chi connectivity index (χ1n) is 9.29. The van der Waals surface area contributed by atoms with Crippen molar-refractivity contribution in [3.63, 3.8) is 0 Å². The highest BCUT2D eigenvalue weighted by atomic mass is 35.5. The van der Waals surface area contributed by atoms with Crippen LogP contribution in [0.5, 0.6) is 16.8 Å². The van der Waals surface area contributed by atoms with Crippen LogP contribution in [0.15, 0.2) is 36.4 Å². The van der Waals surface area contributed by atoms with Crippen molar-refractivity contribution >= 4 is 34.5 Å². The van der Waals surface area contributed by atoms with Gasteiger partial charge in [0.05, 0.1) is 10.6 Å². The Hall–Kier alpha value is -3.03. The van der Waals surface area contributed by atoms with E-state index in [1.54, 1.807) is 0 Å². The fourth-order valence-electron chi connectivity index (χ4n) is 2.95. The van der Waals surface area contributed by atoms with Gasteiger partial charge in [0, 0.05) is 18.2 Å². The number of hydrogen-bond acceptors (Lipinski definition) is 6. The molecule has 0 saturated heterocycles. The molecule has 0 unspecified atom stereocenters. The normalized spacial score (nSPS) is 11.8. The van der Waals surface area contributed by atoms with Crippen LogP contribution < -0.4 is 9.47 Å². The third-order valence-corrected chi connectivity index (χ3v) is 5.94. The van der Waals surface area contributed by atoms with Crippen molar-refractivity contribution in [3.05, 3.63) is 57.8 Å². The lowest BCUT2D eigenvalue weighted by molar-refractivity contribution is -0.137. The van der Waals surface area contributed by atoms with Gasteiger partial charge in [0.15, 0.2) is 5.01 Å². The summed E-state index contributed by atoms with van der Waals surface area (Å²) in [6.07, 6.45) is -4.54. The molecule has 0 atom stereocenters. The van der Waals surface area contributed by atoms with E-state index in [-0.39, 0.29) is 42.8 Å². The molecule has 184 valence electrons. The van der Waals surface area contributed by atoms with Gasteiger partial charge in [-0.3, -0.25) is 0 Å². The van der Waals surface area contributed by atoms with E-state index in [1.807, 2.05) is 0 Å². The summed E-state index contributed by atoms with van der Waals surface area (Å²) in [6, 6.07) is 6.48. The Morgan fingerprint density at radius 1 is 1.09 bits per heavy atom. The molecule has 0 bridgehead atoms. The Morgan fingerprint density at radius 2 is 1.83 bits per heavy atom. The Balaban J connectivity index is 1.65. The molecule has 4 rings (SSSR count). The summed E-state index contributed by atoms with van der Waals surface area (Å²) in [7, 11) is 1.27. The molecule has 2 aromatic heterocycles. The molecule has 2 heterocycles. The van der Waals surface area contributed by atoms with E-state index in [4.69, 9.17) is 27.9 Å². The first-order chi connectivity index (χ1) is 16.4. The number of halogens is 8. The lowest BCUT2D eigenvalue weighted by Crippen LogP contribution is -2.06. The zero-order chi connectivity index (χ0) is 25.5. The maximum atomic E-state index is 14.6. The largest absolute Gasteiger partial charge is 0.428 e. The summed E-state index contributed by atoms with van der Waals surface area (Å²) in [5.74, 6) is -1.48. The summed E-state index contributed by atoms with van der Waals surface area (Å²) < 4.78 is 89.6. The topological polar surface area (TPSA) is 62.1 Å². The second-order valence-electron chi connectivity index (χ2n) is 6.79. The molecular weight excluding hydrogens is 545 g/mol.